The Morgan fingerprint density at radius 3 is 2.41 bits per heavy atom. The van der Waals surface area contributed by atoms with Crippen LogP contribution in [-0.2, 0) is 0 Å². The fraction of sp³-hybridized carbons (Fsp3) is 0.412. The maximum Gasteiger partial charge on any atom is 0.220 e. The van der Waals surface area contributed by atoms with Crippen molar-refractivity contribution in [3.05, 3.63) is 40.5 Å². The molecular formula is C17H21ClN4. The topological polar surface area (TPSA) is 55.0 Å². The molecule has 1 aromatic carbocycles. The van der Waals surface area contributed by atoms with Crippen molar-refractivity contribution in [2.45, 2.75) is 32.7 Å². The molecule has 0 bridgehead atoms. The Morgan fingerprint density at radius 2 is 1.77 bits per heavy atom. The number of aryl methyl sites for hydroxylation is 1. The molecule has 5 heteroatoms. The average molecular weight is 317 g/mol. The number of hydrogen-bond donors (Lipinski definition) is 1. The van der Waals surface area contributed by atoms with Gasteiger partial charge in [-0.25, -0.2) is 9.97 Å². The van der Waals surface area contributed by atoms with Crippen LogP contribution >= 0.6 is 11.6 Å². The first-order valence-corrected chi connectivity index (χ1v) is 8.08. The SMILES string of the molecule is Cc1nc(N)nc(-c2ccc([C@H](C)N3CCCC3)cc2)c1Cl. The van der Waals surface area contributed by atoms with Crippen LogP contribution in [0.2, 0.25) is 5.02 Å². The van der Waals surface area contributed by atoms with Crippen molar-refractivity contribution in [3.8, 4) is 11.3 Å². The number of anilines is 1. The summed E-state index contributed by atoms with van der Waals surface area (Å²) in [5, 5.41) is 0.564. The fourth-order valence-electron chi connectivity index (χ4n) is 3.03. The van der Waals surface area contributed by atoms with Crippen LogP contribution in [0, 0.1) is 6.92 Å². The third-order valence-electron chi connectivity index (χ3n) is 4.39. The first kappa shape index (κ1) is 15.3. The number of hydrogen-bond acceptors (Lipinski definition) is 4. The smallest absolute Gasteiger partial charge is 0.220 e. The van der Waals surface area contributed by atoms with Gasteiger partial charge in [0.05, 0.1) is 16.4 Å². The summed E-state index contributed by atoms with van der Waals surface area (Å²) in [6.45, 7) is 6.49. The molecule has 2 aromatic rings. The molecule has 1 atom stereocenters. The molecule has 22 heavy (non-hydrogen) atoms. The van der Waals surface area contributed by atoms with Gasteiger partial charge in [-0.2, -0.15) is 0 Å². The van der Waals surface area contributed by atoms with Gasteiger partial charge in [-0.05, 0) is 45.3 Å². The minimum absolute atomic E-state index is 0.256. The van der Waals surface area contributed by atoms with Gasteiger partial charge in [0.1, 0.15) is 0 Å². The molecule has 0 saturated carbocycles. The third kappa shape index (κ3) is 2.94. The van der Waals surface area contributed by atoms with Gasteiger partial charge in [-0.15, -0.1) is 0 Å². The first-order valence-electron chi connectivity index (χ1n) is 7.70. The Bertz CT molecular complexity index is 663. The van der Waals surface area contributed by atoms with Crippen LogP contribution in [-0.4, -0.2) is 28.0 Å². The molecule has 4 nitrogen and oxygen atoms in total. The number of halogens is 1. The van der Waals surface area contributed by atoms with Crippen molar-refractivity contribution in [2.75, 3.05) is 18.8 Å². The van der Waals surface area contributed by atoms with Crippen LogP contribution in [0.3, 0.4) is 0 Å². The molecule has 2 N–H and O–H groups in total. The standard InChI is InChI=1S/C17H21ClN4/c1-11-15(18)16(21-17(19)20-11)14-7-5-13(6-8-14)12(2)22-9-3-4-10-22/h5-8,12H,3-4,9-10H2,1-2H3,(H2,19,20,21)/t12-/m0/s1. The molecule has 2 heterocycles. The van der Waals surface area contributed by atoms with Crippen molar-refractivity contribution in [1.29, 1.82) is 0 Å². The maximum absolute atomic E-state index is 6.32. The van der Waals surface area contributed by atoms with Gasteiger partial charge in [-0.1, -0.05) is 35.9 Å². The molecule has 116 valence electrons. The molecule has 0 aliphatic carbocycles. The summed E-state index contributed by atoms with van der Waals surface area (Å²) in [6.07, 6.45) is 2.61. The predicted molar refractivity (Wildman–Crippen MR) is 90.8 cm³/mol. The van der Waals surface area contributed by atoms with Crippen LogP contribution in [0.25, 0.3) is 11.3 Å². The molecule has 1 saturated heterocycles. The Balaban J connectivity index is 1.88. The zero-order chi connectivity index (χ0) is 15.7. The summed E-state index contributed by atoms with van der Waals surface area (Å²) in [4.78, 5) is 10.9. The van der Waals surface area contributed by atoms with Gasteiger partial charge < -0.3 is 5.73 Å². The summed E-state index contributed by atoms with van der Waals surface area (Å²) < 4.78 is 0. The second kappa shape index (κ2) is 6.23. The van der Waals surface area contributed by atoms with Crippen LogP contribution in [0.4, 0.5) is 5.95 Å². The summed E-state index contributed by atoms with van der Waals surface area (Å²) in [5.41, 5.74) is 9.44. The first-order chi connectivity index (χ1) is 10.6. The van der Waals surface area contributed by atoms with Crippen molar-refractivity contribution in [3.63, 3.8) is 0 Å². The average Bonchev–Trinajstić information content (AvgIpc) is 3.05. The van der Waals surface area contributed by atoms with Crippen LogP contribution in [0.15, 0.2) is 24.3 Å². The van der Waals surface area contributed by atoms with Gasteiger partial charge in [0.2, 0.25) is 5.95 Å². The van der Waals surface area contributed by atoms with Gasteiger partial charge in [0.25, 0.3) is 0 Å². The molecule has 1 aliphatic rings. The highest BCUT2D eigenvalue weighted by Crippen LogP contribution is 2.30. The highest BCUT2D eigenvalue weighted by Gasteiger charge is 2.19. The minimum atomic E-state index is 0.256. The van der Waals surface area contributed by atoms with Gasteiger partial charge in [-0.3, -0.25) is 4.90 Å². The van der Waals surface area contributed by atoms with Gasteiger partial charge >= 0.3 is 0 Å². The van der Waals surface area contributed by atoms with Gasteiger partial charge in [0.15, 0.2) is 0 Å². The molecule has 3 rings (SSSR count). The Hall–Kier alpha value is -1.65. The second-order valence-electron chi connectivity index (χ2n) is 5.87. The van der Waals surface area contributed by atoms with Crippen LogP contribution in [0.1, 0.15) is 37.1 Å². The lowest BCUT2D eigenvalue weighted by Crippen LogP contribution is -2.23. The molecule has 1 aromatic heterocycles. The van der Waals surface area contributed by atoms with E-state index in [1.807, 2.05) is 6.92 Å². The van der Waals surface area contributed by atoms with E-state index in [1.165, 1.54) is 31.5 Å². The summed E-state index contributed by atoms with van der Waals surface area (Å²) >= 11 is 6.32. The highest BCUT2D eigenvalue weighted by molar-refractivity contribution is 6.33. The second-order valence-corrected chi connectivity index (χ2v) is 6.25. The number of benzene rings is 1. The zero-order valence-corrected chi connectivity index (χ0v) is 13.8. The normalized spacial score (nSPS) is 16.9. The third-order valence-corrected chi connectivity index (χ3v) is 4.84. The van der Waals surface area contributed by atoms with E-state index in [1.54, 1.807) is 0 Å². The number of nitrogen functional groups attached to an aromatic ring is 1. The molecule has 0 spiro atoms. The quantitative estimate of drug-likeness (QED) is 0.934. The number of nitrogens with two attached hydrogens (primary N) is 1. The van der Waals surface area contributed by atoms with Crippen LogP contribution < -0.4 is 5.73 Å². The van der Waals surface area contributed by atoms with E-state index in [0.717, 1.165) is 5.56 Å². The van der Waals surface area contributed by atoms with Crippen molar-refractivity contribution < 1.29 is 0 Å². The van der Waals surface area contributed by atoms with E-state index in [2.05, 4.69) is 46.1 Å². The molecular weight excluding hydrogens is 296 g/mol. The van der Waals surface area contributed by atoms with Gasteiger partial charge in [0, 0.05) is 11.6 Å². The lowest BCUT2D eigenvalue weighted by molar-refractivity contribution is 0.263. The Kier molecular flexibility index (Phi) is 4.32. The van der Waals surface area contributed by atoms with Crippen molar-refractivity contribution >= 4 is 17.5 Å². The summed E-state index contributed by atoms with van der Waals surface area (Å²) in [6, 6.07) is 8.89. The highest BCUT2D eigenvalue weighted by atomic mass is 35.5. The monoisotopic (exact) mass is 316 g/mol. The van der Waals surface area contributed by atoms with Crippen molar-refractivity contribution in [1.82, 2.24) is 14.9 Å². The minimum Gasteiger partial charge on any atom is -0.368 e. The molecule has 0 radical (unpaired) electrons. The summed E-state index contributed by atoms with van der Waals surface area (Å²) in [5.74, 6) is 0.256. The zero-order valence-electron chi connectivity index (χ0n) is 13.0. The van der Waals surface area contributed by atoms with Crippen molar-refractivity contribution in [2.24, 2.45) is 0 Å². The van der Waals surface area contributed by atoms with E-state index in [4.69, 9.17) is 17.3 Å². The fourth-order valence-corrected chi connectivity index (χ4v) is 3.22. The number of aromatic nitrogens is 2. The number of likely N-dealkylation sites (tertiary alicyclic amines) is 1. The van der Waals surface area contributed by atoms with Crippen LogP contribution in [0.5, 0.6) is 0 Å². The van der Waals surface area contributed by atoms with E-state index in [0.29, 0.717) is 22.5 Å². The number of nitrogens with zero attached hydrogens (tertiary/aromatic N) is 3. The number of rotatable bonds is 3. The van der Waals surface area contributed by atoms with E-state index in [-0.39, 0.29) is 5.95 Å². The lowest BCUT2D eigenvalue weighted by atomic mass is 10.0. The Labute approximate surface area is 136 Å². The largest absolute Gasteiger partial charge is 0.368 e. The molecule has 1 fully saturated rings. The molecule has 1 aliphatic heterocycles. The maximum atomic E-state index is 6.32. The predicted octanol–water partition coefficient (Wildman–Crippen LogP) is 3.84. The molecule has 0 unspecified atom stereocenters. The van der Waals surface area contributed by atoms with E-state index < -0.39 is 0 Å². The van der Waals surface area contributed by atoms with E-state index >= 15 is 0 Å². The Morgan fingerprint density at radius 1 is 1.14 bits per heavy atom. The lowest BCUT2D eigenvalue weighted by Gasteiger charge is -2.24. The van der Waals surface area contributed by atoms with E-state index in [9.17, 15) is 0 Å². The summed E-state index contributed by atoms with van der Waals surface area (Å²) in [7, 11) is 0. The molecule has 0 amide bonds.